The molecule has 8 heteroatoms. The number of halogens is 2. The second kappa shape index (κ2) is 7.99. The average molecular weight is 397 g/mol. The fraction of sp³-hybridized carbons (Fsp3) is 0.176. The summed E-state index contributed by atoms with van der Waals surface area (Å²) in [6.45, 7) is -0.00126. The summed E-state index contributed by atoms with van der Waals surface area (Å²) >= 11 is 13.4. The van der Waals surface area contributed by atoms with Gasteiger partial charge in [0.05, 0.1) is 17.3 Å². The van der Waals surface area contributed by atoms with Crippen molar-refractivity contribution >= 4 is 52.5 Å². The second-order valence-electron chi connectivity index (χ2n) is 5.31. The van der Waals surface area contributed by atoms with Gasteiger partial charge in [0.2, 0.25) is 11.8 Å². The largest absolute Gasteiger partial charge is 0.455 e. The predicted octanol–water partition coefficient (Wildman–Crippen LogP) is 4.26. The molecule has 0 spiro atoms. The van der Waals surface area contributed by atoms with Crippen LogP contribution in [0.5, 0.6) is 11.5 Å². The molecule has 0 saturated carbocycles. The minimum absolute atomic E-state index is 0.00126. The normalized spacial score (nSPS) is 13.8. The van der Waals surface area contributed by atoms with Crippen molar-refractivity contribution in [3.63, 3.8) is 0 Å². The molecule has 1 heterocycles. The molecule has 3 rings (SSSR count). The first-order valence-corrected chi connectivity index (χ1v) is 9.31. The first-order chi connectivity index (χ1) is 12.0. The SMILES string of the molecule is O=C(CN1CSCC1=O)Nc1cc(Cl)ccc1Oc1ccc(Cl)cc1. The number of hydrogen-bond donors (Lipinski definition) is 1. The van der Waals surface area contributed by atoms with Crippen molar-refractivity contribution in [3.8, 4) is 11.5 Å². The van der Waals surface area contributed by atoms with E-state index < -0.39 is 0 Å². The fourth-order valence-corrected chi connectivity index (χ4v) is 3.42. The molecule has 0 bridgehead atoms. The highest BCUT2D eigenvalue weighted by molar-refractivity contribution is 8.00. The molecule has 2 amide bonds. The lowest BCUT2D eigenvalue weighted by Crippen LogP contribution is -2.34. The van der Waals surface area contributed by atoms with Gasteiger partial charge in [0.15, 0.2) is 5.75 Å². The van der Waals surface area contributed by atoms with Gasteiger partial charge in [0.25, 0.3) is 0 Å². The zero-order valence-electron chi connectivity index (χ0n) is 13.0. The molecule has 1 saturated heterocycles. The Bertz CT molecular complexity index is 799. The molecule has 0 aromatic heterocycles. The van der Waals surface area contributed by atoms with E-state index in [4.69, 9.17) is 27.9 Å². The van der Waals surface area contributed by atoms with E-state index in [1.165, 1.54) is 16.7 Å². The molecule has 0 aliphatic carbocycles. The molecule has 1 aliphatic heterocycles. The van der Waals surface area contributed by atoms with Gasteiger partial charge in [-0.25, -0.2) is 0 Å². The summed E-state index contributed by atoms with van der Waals surface area (Å²) in [5.41, 5.74) is 0.437. The molecular formula is C17H14Cl2N2O3S. The summed E-state index contributed by atoms with van der Waals surface area (Å²) < 4.78 is 5.79. The Morgan fingerprint density at radius 3 is 2.56 bits per heavy atom. The molecule has 5 nitrogen and oxygen atoms in total. The third kappa shape index (κ3) is 4.81. The van der Waals surface area contributed by atoms with Crippen molar-refractivity contribution in [3.05, 3.63) is 52.5 Å². The average Bonchev–Trinajstić information content (AvgIpc) is 2.97. The highest BCUT2D eigenvalue weighted by atomic mass is 35.5. The third-order valence-corrected chi connectivity index (χ3v) is 4.85. The van der Waals surface area contributed by atoms with E-state index in [9.17, 15) is 9.59 Å². The number of hydrogen-bond acceptors (Lipinski definition) is 4. The number of nitrogens with one attached hydrogen (secondary N) is 1. The number of carbonyl (C=O) groups excluding carboxylic acids is 2. The smallest absolute Gasteiger partial charge is 0.244 e. The minimum atomic E-state index is -0.306. The molecule has 0 unspecified atom stereocenters. The highest BCUT2D eigenvalue weighted by Gasteiger charge is 2.23. The summed E-state index contributed by atoms with van der Waals surface area (Å²) in [6, 6.07) is 11.8. The Labute approximate surface area is 159 Å². The summed E-state index contributed by atoms with van der Waals surface area (Å²) in [7, 11) is 0. The number of carbonyl (C=O) groups is 2. The molecule has 25 heavy (non-hydrogen) atoms. The zero-order valence-corrected chi connectivity index (χ0v) is 15.3. The number of thioether (sulfide) groups is 1. The van der Waals surface area contributed by atoms with E-state index in [0.717, 1.165) is 0 Å². The van der Waals surface area contributed by atoms with Crippen LogP contribution in [-0.2, 0) is 9.59 Å². The molecule has 0 atom stereocenters. The van der Waals surface area contributed by atoms with Crippen LogP contribution in [0.4, 0.5) is 5.69 Å². The third-order valence-electron chi connectivity index (χ3n) is 3.42. The van der Waals surface area contributed by atoms with E-state index in [1.807, 2.05) is 0 Å². The summed E-state index contributed by atoms with van der Waals surface area (Å²) in [6.07, 6.45) is 0. The van der Waals surface area contributed by atoms with Crippen LogP contribution in [0.2, 0.25) is 10.0 Å². The molecule has 1 fully saturated rings. The fourth-order valence-electron chi connectivity index (χ4n) is 2.22. The predicted molar refractivity (Wildman–Crippen MR) is 101 cm³/mol. The van der Waals surface area contributed by atoms with Gasteiger partial charge < -0.3 is 15.0 Å². The van der Waals surface area contributed by atoms with Crippen molar-refractivity contribution in [2.24, 2.45) is 0 Å². The number of rotatable bonds is 5. The number of benzene rings is 2. The van der Waals surface area contributed by atoms with Gasteiger partial charge >= 0.3 is 0 Å². The van der Waals surface area contributed by atoms with Crippen molar-refractivity contribution in [1.29, 1.82) is 0 Å². The summed E-state index contributed by atoms with van der Waals surface area (Å²) in [5.74, 6) is 1.61. The van der Waals surface area contributed by atoms with Crippen LogP contribution in [0.25, 0.3) is 0 Å². The Kier molecular flexibility index (Phi) is 5.73. The Hall–Kier alpha value is -1.89. The Morgan fingerprint density at radius 2 is 1.88 bits per heavy atom. The van der Waals surface area contributed by atoms with Gasteiger partial charge in [-0.3, -0.25) is 9.59 Å². The van der Waals surface area contributed by atoms with E-state index in [2.05, 4.69) is 5.32 Å². The van der Waals surface area contributed by atoms with Crippen molar-refractivity contribution in [2.75, 3.05) is 23.5 Å². The van der Waals surface area contributed by atoms with Crippen LogP contribution in [0.15, 0.2) is 42.5 Å². The molecule has 130 valence electrons. The van der Waals surface area contributed by atoms with Crippen LogP contribution in [-0.4, -0.2) is 34.9 Å². The summed E-state index contributed by atoms with van der Waals surface area (Å²) in [5, 5.41) is 3.82. The van der Waals surface area contributed by atoms with E-state index in [0.29, 0.717) is 38.9 Å². The van der Waals surface area contributed by atoms with Crippen LogP contribution < -0.4 is 10.1 Å². The number of anilines is 1. The number of amides is 2. The van der Waals surface area contributed by atoms with Gasteiger partial charge in [-0.2, -0.15) is 0 Å². The zero-order chi connectivity index (χ0) is 17.8. The van der Waals surface area contributed by atoms with Crippen LogP contribution in [0.1, 0.15) is 0 Å². The quantitative estimate of drug-likeness (QED) is 0.819. The molecule has 1 aliphatic rings. The topological polar surface area (TPSA) is 58.6 Å². The Morgan fingerprint density at radius 1 is 1.16 bits per heavy atom. The van der Waals surface area contributed by atoms with Crippen molar-refractivity contribution in [2.45, 2.75) is 0 Å². The van der Waals surface area contributed by atoms with Crippen molar-refractivity contribution < 1.29 is 14.3 Å². The van der Waals surface area contributed by atoms with Crippen LogP contribution >= 0.6 is 35.0 Å². The van der Waals surface area contributed by atoms with E-state index in [-0.39, 0.29) is 18.4 Å². The molecule has 2 aromatic carbocycles. The lowest BCUT2D eigenvalue weighted by atomic mass is 10.2. The summed E-state index contributed by atoms with van der Waals surface area (Å²) in [4.78, 5) is 25.4. The lowest BCUT2D eigenvalue weighted by Gasteiger charge is -2.16. The minimum Gasteiger partial charge on any atom is -0.455 e. The van der Waals surface area contributed by atoms with Crippen LogP contribution in [0, 0.1) is 0 Å². The number of ether oxygens (including phenoxy) is 1. The maximum atomic E-state index is 12.2. The van der Waals surface area contributed by atoms with Gasteiger partial charge in [0, 0.05) is 10.0 Å². The van der Waals surface area contributed by atoms with Gasteiger partial charge in [-0.1, -0.05) is 23.2 Å². The maximum Gasteiger partial charge on any atom is 0.244 e. The highest BCUT2D eigenvalue weighted by Crippen LogP contribution is 2.32. The number of nitrogens with zero attached hydrogens (tertiary/aromatic N) is 1. The monoisotopic (exact) mass is 396 g/mol. The van der Waals surface area contributed by atoms with Gasteiger partial charge in [0.1, 0.15) is 12.3 Å². The second-order valence-corrected chi connectivity index (χ2v) is 7.14. The standard InChI is InChI=1S/C17H14Cl2N2O3S/c18-11-1-4-13(5-2-11)24-15-6-3-12(19)7-14(15)20-16(22)8-21-10-25-9-17(21)23/h1-7H,8-10H2,(H,20,22). The van der Waals surface area contributed by atoms with Crippen LogP contribution in [0.3, 0.4) is 0 Å². The first kappa shape index (κ1) is 17.9. The molecular weight excluding hydrogens is 383 g/mol. The maximum absolute atomic E-state index is 12.2. The van der Waals surface area contributed by atoms with E-state index in [1.54, 1.807) is 42.5 Å². The molecule has 2 aromatic rings. The Balaban J connectivity index is 1.73. The van der Waals surface area contributed by atoms with Crippen molar-refractivity contribution in [1.82, 2.24) is 4.90 Å². The molecule has 1 N–H and O–H groups in total. The first-order valence-electron chi connectivity index (χ1n) is 7.39. The van der Waals surface area contributed by atoms with Gasteiger partial charge in [-0.15, -0.1) is 11.8 Å². The lowest BCUT2D eigenvalue weighted by molar-refractivity contribution is -0.130. The van der Waals surface area contributed by atoms with Gasteiger partial charge in [-0.05, 0) is 42.5 Å². The molecule has 0 radical (unpaired) electrons. The van der Waals surface area contributed by atoms with E-state index >= 15 is 0 Å².